The van der Waals surface area contributed by atoms with Gasteiger partial charge in [-0.25, -0.2) is 18.1 Å². The van der Waals surface area contributed by atoms with Gasteiger partial charge in [-0.05, 0) is 36.6 Å². The number of piperidine rings is 1. The zero-order valence-electron chi connectivity index (χ0n) is 19.6. The molecule has 0 bridgehead atoms. The molecule has 37 heavy (non-hydrogen) atoms. The van der Waals surface area contributed by atoms with E-state index in [1.165, 1.54) is 16.8 Å². The average molecular weight is 519 g/mol. The highest BCUT2D eigenvalue weighted by atomic mass is 32.2. The Morgan fingerprint density at radius 3 is 2.59 bits per heavy atom. The van der Waals surface area contributed by atoms with Gasteiger partial charge in [-0.1, -0.05) is 41.6 Å². The molecule has 5 aromatic rings. The van der Waals surface area contributed by atoms with Crippen molar-refractivity contribution in [1.29, 1.82) is 0 Å². The van der Waals surface area contributed by atoms with Crippen LogP contribution < -0.4 is 5.56 Å². The smallest absolute Gasteiger partial charge is 0.281 e. The lowest BCUT2D eigenvalue weighted by Crippen LogP contribution is -2.38. The second kappa shape index (κ2) is 9.33. The largest absolute Gasteiger partial charge is 0.423 e. The Morgan fingerprint density at radius 1 is 1.03 bits per heavy atom. The summed E-state index contributed by atoms with van der Waals surface area (Å²) in [6, 6.07) is 16.2. The number of nitrogens with one attached hydrogen (secondary N) is 1. The van der Waals surface area contributed by atoms with E-state index >= 15 is 0 Å². The van der Waals surface area contributed by atoms with Crippen molar-refractivity contribution in [2.75, 3.05) is 13.1 Å². The first-order valence-corrected chi connectivity index (χ1v) is 13.2. The second-order valence-corrected chi connectivity index (χ2v) is 10.7. The normalized spacial score (nSPS) is 15.4. The van der Waals surface area contributed by atoms with E-state index in [0.29, 0.717) is 49.5 Å². The van der Waals surface area contributed by atoms with Crippen molar-refractivity contribution in [1.82, 2.24) is 39.5 Å². The number of benzene rings is 2. The molecule has 1 fully saturated rings. The summed E-state index contributed by atoms with van der Waals surface area (Å²) >= 11 is 0. The zero-order chi connectivity index (χ0) is 25.4. The SMILES string of the molecule is O=c1[nH]c(C2CCN(S(=O)(=O)c3cccc(-c4nnco4)c3)CC2)nc2c1nnn2Cc1ccccc1. The van der Waals surface area contributed by atoms with Gasteiger partial charge in [0.05, 0.1) is 11.4 Å². The Morgan fingerprint density at radius 2 is 1.84 bits per heavy atom. The topological polar surface area (TPSA) is 153 Å². The monoisotopic (exact) mass is 518 g/mol. The van der Waals surface area contributed by atoms with Crippen molar-refractivity contribution < 1.29 is 12.8 Å². The summed E-state index contributed by atoms with van der Waals surface area (Å²) in [5.74, 6) is 0.667. The van der Waals surface area contributed by atoms with Crippen LogP contribution in [0.3, 0.4) is 0 Å². The van der Waals surface area contributed by atoms with Crippen LogP contribution in [-0.2, 0) is 16.6 Å². The summed E-state index contributed by atoms with van der Waals surface area (Å²) in [6.07, 6.45) is 2.22. The van der Waals surface area contributed by atoms with Gasteiger partial charge in [0.15, 0.2) is 11.2 Å². The molecule has 0 saturated carbocycles. The standard InChI is InChI=1S/C24H22N8O4S/c33-23-20-22(32(30-28-20)14-16-5-2-1-3-6-16)26-21(27-23)17-9-11-31(12-10-17)37(34,35)19-8-4-7-18(13-19)24-29-25-15-36-24/h1-8,13,15,17H,9-12,14H2,(H,26,27,33). The van der Waals surface area contributed by atoms with Crippen LogP contribution in [0.15, 0.2) is 75.1 Å². The molecular weight excluding hydrogens is 496 g/mol. The number of rotatable bonds is 6. The van der Waals surface area contributed by atoms with E-state index in [9.17, 15) is 13.2 Å². The van der Waals surface area contributed by atoms with Crippen molar-refractivity contribution in [3.8, 4) is 11.5 Å². The van der Waals surface area contributed by atoms with Crippen molar-refractivity contribution in [2.24, 2.45) is 0 Å². The number of hydrogen-bond acceptors (Lipinski definition) is 9. The quantitative estimate of drug-likeness (QED) is 0.356. The number of nitrogens with zero attached hydrogens (tertiary/aromatic N) is 7. The molecule has 0 atom stereocenters. The van der Waals surface area contributed by atoms with Crippen molar-refractivity contribution in [3.63, 3.8) is 0 Å². The molecule has 188 valence electrons. The molecule has 0 radical (unpaired) electrons. The summed E-state index contributed by atoms with van der Waals surface area (Å²) in [5.41, 5.74) is 1.78. The van der Waals surface area contributed by atoms with Gasteiger partial charge in [0, 0.05) is 24.6 Å². The molecule has 0 unspecified atom stereocenters. The summed E-state index contributed by atoms with van der Waals surface area (Å²) < 4.78 is 34.9. The Kier molecular flexibility index (Phi) is 5.85. The second-order valence-electron chi connectivity index (χ2n) is 8.81. The summed E-state index contributed by atoms with van der Waals surface area (Å²) in [4.78, 5) is 20.4. The highest BCUT2D eigenvalue weighted by molar-refractivity contribution is 7.89. The van der Waals surface area contributed by atoms with E-state index in [-0.39, 0.29) is 27.8 Å². The van der Waals surface area contributed by atoms with E-state index in [0.717, 1.165) is 5.56 Å². The molecular formula is C24H22N8O4S. The number of H-pyrrole nitrogens is 1. The molecule has 0 amide bonds. The van der Waals surface area contributed by atoms with Crippen molar-refractivity contribution >= 4 is 21.2 Å². The Labute approximate surface area is 211 Å². The molecule has 1 aliphatic rings. The molecule has 0 spiro atoms. The Hall–Kier alpha value is -4.23. The lowest BCUT2D eigenvalue weighted by Gasteiger charge is -2.30. The molecule has 13 heteroatoms. The van der Waals surface area contributed by atoms with Gasteiger partial charge in [0.1, 0.15) is 5.82 Å². The molecule has 1 N–H and O–H groups in total. The van der Waals surface area contributed by atoms with Crippen molar-refractivity contribution in [3.05, 3.63) is 82.7 Å². The van der Waals surface area contributed by atoms with Crippen LogP contribution in [0, 0.1) is 0 Å². The minimum absolute atomic E-state index is 0.103. The van der Waals surface area contributed by atoms with Crippen LogP contribution in [0.4, 0.5) is 0 Å². The van der Waals surface area contributed by atoms with Crippen LogP contribution in [0.2, 0.25) is 0 Å². The highest BCUT2D eigenvalue weighted by Gasteiger charge is 2.31. The van der Waals surface area contributed by atoms with Crippen LogP contribution in [0.5, 0.6) is 0 Å². The summed E-state index contributed by atoms with van der Waals surface area (Å²) in [6.45, 7) is 1.02. The van der Waals surface area contributed by atoms with Gasteiger partial charge in [0.2, 0.25) is 22.3 Å². The van der Waals surface area contributed by atoms with E-state index < -0.39 is 10.0 Å². The fourth-order valence-electron chi connectivity index (χ4n) is 4.55. The molecule has 12 nitrogen and oxygen atoms in total. The van der Waals surface area contributed by atoms with Gasteiger partial charge in [-0.15, -0.1) is 15.3 Å². The fraction of sp³-hybridized carbons (Fsp3) is 0.250. The molecule has 3 aromatic heterocycles. The van der Waals surface area contributed by atoms with E-state index in [1.807, 2.05) is 30.3 Å². The molecule has 4 heterocycles. The Bertz CT molecular complexity index is 1710. The number of aromatic nitrogens is 7. The minimum atomic E-state index is -3.73. The van der Waals surface area contributed by atoms with Gasteiger partial charge in [-0.3, -0.25) is 4.79 Å². The van der Waals surface area contributed by atoms with Crippen molar-refractivity contribution in [2.45, 2.75) is 30.2 Å². The molecule has 6 rings (SSSR count). The maximum atomic E-state index is 13.3. The first-order chi connectivity index (χ1) is 18.0. The zero-order valence-corrected chi connectivity index (χ0v) is 20.4. The van der Waals surface area contributed by atoms with Crippen LogP contribution in [-0.4, -0.2) is 61.0 Å². The third-order valence-electron chi connectivity index (χ3n) is 6.49. The third-order valence-corrected chi connectivity index (χ3v) is 8.38. The van der Waals surface area contributed by atoms with Gasteiger partial charge >= 0.3 is 0 Å². The van der Waals surface area contributed by atoms with Crippen LogP contribution in [0.1, 0.15) is 30.1 Å². The number of hydrogen-bond donors (Lipinski definition) is 1. The maximum Gasteiger partial charge on any atom is 0.281 e. The van der Waals surface area contributed by atoms with Gasteiger partial charge in [-0.2, -0.15) is 4.31 Å². The first-order valence-electron chi connectivity index (χ1n) is 11.7. The summed E-state index contributed by atoms with van der Waals surface area (Å²) in [5, 5.41) is 15.6. The third kappa shape index (κ3) is 4.42. The molecule has 0 aliphatic carbocycles. The molecule has 2 aromatic carbocycles. The Balaban J connectivity index is 1.21. The van der Waals surface area contributed by atoms with Crippen LogP contribution >= 0.6 is 0 Å². The number of aromatic amines is 1. The van der Waals surface area contributed by atoms with Crippen LogP contribution in [0.25, 0.3) is 22.6 Å². The lowest BCUT2D eigenvalue weighted by molar-refractivity contribution is 0.313. The maximum absolute atomic E-state index is 13.3. The first kappa shape index (κ1) is 23.2. The lowest BCUT2D eigenvalue weighted by atomic mass is 9.97. The van der Waals surface area contributed by atoms with E-state index in [1.54, 1.807) is 22.9 Å². The number of fused-ring (bicyclic) bond motifs is 1. The highest BCUT2D eigenvalue weighted by Crippen LogP contribution is 2.30. The molecule has 1 saturated heterocycles. The predicted octanol–water partition coefficient (Wildman–Crippen LogP) is 2.18. The van der Waals surface area contributed by atoms with E-state index in [2.05, 4.69) is 25.5 Å². The fourth-order valence-corrected chi connectivity index (χ4v) is 6.06. The predicted molar refractivity (Wildman–Crippen MR) is 132 cm³/mol. The minimum Gasteiger partial charge on any atom is -0.423 e. The van der Waals surface area contributed by atoms with E-state index in [4.69, 9.17) is 9.40 Å². The van der Waals surface area contributed by atoms with Gasteiger partial charge < -0.3 is 9.40 Å². The number of sulfonamides is 1. The average Bonchev–Trinajstić information content (AvgIpc) is 3.61. The molecule has 1 aliphatic heterocycles. The summed E-state index contributed by atoms with van der Waals surface area (Å²) in [7, 11) is -3.73. The van der Waals surface area contributed by atoms with Gasteiger partial charge in [0.25, 0.3) is 5.56 Å².